The number of thiazole rings is 1. The van der Waals surface area contributed by atoms with Crippen molar-refractivity contribution in [3.8, 4) is 5.75 Å². The number of piperazine rings is 1. The number of carbonyl (C=O) groups excluding carboxylic acids is 1. The van der Waals surface area contributed by atoms with E-state index in [1.165, 1.54) is 16.2 Å². The molecule has 0 aliphatic carbocycles. The number of ether oxygens (including phenoxy) is 1. The summed E-state index contributed by atoms with van der Waals surface area (Å²) in [6, 6.07) is 11.5. The van der Waals surface area contributed by atoms with E-state index in [0.29, 0.717) is 11.6 Å². The van der Waals surface area contributed by atoms with E-state index in [4.69, 9.17) is 16.3 Å². The van der Waals surface area contributed by atoms with Gasteiger partial charge in [-0.3, -0.25) is 9.69 Å². The third kappa shape index (κ3) is 5.40. The molecule has 1 saturated heterocycles. The molecule has 4 rings (SSSR count). The van der Waals surface area contributed by atoms with Crippen LogP contribution in [0, 0.1) is 6.92 Å². The summed E-state index contributed by atoms with van der Waals surface area (Å²) in [5, 5.41) is 3.60. The fraction of sp³-hybridized carbons (Fsp3) is 0.364. The van der Waals surface area contributed by atoms with Crippen molar-refractivity contribution in [2.24, 2.45) is 0 Å². The predicted molar refractivity (Wildman–Crippen MR) is 123 cm³/mol. The van der Waals surface area contributed by atoms with E-state index >= 15 is 0 Å². The largest absolute Gasteiger partial charge is 0.486 e. The van der Waals surface area contributed by atoms with E-state index in [1.807, 2.05) is 35.3 Å². The molecule has 1 aliphatic rings. The maximum atomic E-state index is 13.0. The molecular formula is C22H24ClN3O2S2. The van der Waals surface area contributed by atoms with Crippen LogP contribution < -0.4 is 4.74 Å². The first kappa shape index (κ1) is 21.3. The monoisotopic (exact) mass is 461 g/mol. The predicted octanol–water partition coefficient (Wildman–Crippen LogP) is 4.75. The Labute approximate surface area is 189 Å². The Morgan fingerprint density at radius 2 is 1.93 bits per heavy atom. The van der Waals surface area contributed by atoms with Gasteiger partial charge in [-0.25, -0.2) is 4.98 Å². The molecule has 158 valence electrons. The zero-order chi connectivity index (χ0) is 20.9. The lowest BCUT2D eigenvalue weighted by Gasteiger charge is -2.34. The highest BCUT2D eigenvalue weighted by molar-refractivity contribution is 7.13. The molecule has 8 heteroatoms. The van der Waals surface area contributed by atoms with Crippen LogP contribution in [0.1, 0.15) is 25.3 Å². The van der Waals surface area contributed by atoms with Crippen LogP contribution >= 0.6 is 34.3 Å². The first-order valence-corrected chi connectivity index (χ1v) is 12.0. The van der Waals surface area contributed by atoms with E-state index in [0.717, 1.165) is 60.5 Å². The molecule has 2 aromatic heterocycles. The molecular weight excluding hydrogens is 438 g/mol. The molecule has 3 aromatic rings. The highest BCUT2D eigenvalue weighted by atomic mass is 35.5. The van der Waals surface area contributed by atoms with Gasteiger partial charge in [-0.05, 0) is 49.1 Å². The van der Waals surface area contributed by atoms with Gasteiger partial charge in [-0.15, -0.1) is 22.7 Å². The minimum Gasteiger partial charge on any atom is -0.486 e. The fourth-order valence-corrected chi connectivity index (χ4v) is 5.20. The van der Waals surface area contributed by atoms with Crippen molar-refractivity contribution in [2.75, 3.05) is 32.7 Å². The number of rotatable bonds is 7. The second kappa shape index (κ2) is 9.92. The summed E-state index contributed by atoms with van der Waals surface area (Å²) >= 11 is 9.14. The first-order chi connectivity index (χ1) is 14.6. The van der Waals surface area contributed by atoms with Gasteiger partial charge in [0.15, 0.2) is 0 Å². The van der Waals surface area contributed by atoms with Gasteiger partial charge >= 0.3 is 0 Å². The number of aryl methyl sites for hydroxylation is 1. The molecule has 1 amide bonds. The van der Waals surface area contributed by atoms with Gasteiger partial charge in [0.25, 0.3) is 5.91 Å². The number of carbonyl (C=O) groups is 1. The van der Waals surface area contributed by atoms with Crippen LogP contribution in [0.5, 0.6) is 5.75 Å². The summed E-state index contributed by atoms with van der Waals surface area (Å²) in [6.07, 6.45) is 1.08. The van der Waals surface area contributed by atoms with Gasteiger partial charge in [0.1, 0.15) is 22.2 Å². The molecule has 0 unspecified atom stereocenters. The zero-order valence-corrected chi connectivity index (χ0v) is 19.2. The van der Waals surface area contributed by atoms with Gasteiger partial charge in [-0.1, -0.05) is 17.7 Å². The summed E-state index contributed by atoms with van der Waals surface area (Å²) in [7, 11) is 0. The molecule has 0 atom stereocenters. The Kier molecular flexibility index (Phi) is 7.04. The van der Waals surface area contributed by atoms with E-state index < -0.39 is 0 Å². The summed E-state index contributed by atoms with van der Waals surface area (Å²) in [5.41, 5.74) is 0.778. The number of amides is 1. The summed E-state index contributed by atoms with van der Waals surface area (Å²) in [5.74, 6) is 0.819. The van der Waals surface area contributed by atoms with E-state index in [9.17, 15) is 4.79 Å². The summed E-state index contributed by atoms with van der Waals surface area (Å²) in [6.45, 7) is 6.65. The molecule has 5 nitrogen and oxygen atoms in total. The smallest absolute Gasteiger partial charge is 0.265 e. The number of hydrogen-bond donors (Lipinski definition) is 0. The molecule has 0 radical (unpaired) electrons. The Bertz CT molecular complexity index is 965. The van der Waals surface area contributed by atoms with E-state index in [2.05, 4.69) is 27.4 Å². The SMILES string of the molecule is Cc1nc(COc2ccc(Cl)cc2)sc1C(=O)N1CCN(CCc2cccs2)CC1. The number of thiophene rings is 1. The Morgan fingerprint density at radius 3 is 2.63 bits per heavy atom. The van der Waals surface area contributed by atoms with Gasteiger partial charge in [-0.2, -0.15) is 0 Å². The maximum Gasteiger partial charge on any atom is 0.265 e. The molecule has 3 heterocycles. The third-order valence-corrected chi connectivity index (χ3v) is 7.43. The highest BCUT2D eigenvalue weighted by Gasteiger charge is 2.25. The Balaban J connectivity index is 1.28. The van der Waals surface area contributed by atoms with Crippen molar-refractivity contribution < 1.29 is 9.53 Å². The second-order valence-corrected chi connectivity index (χ2v) is 9.78. The van der Waals surface area contributed by atoms with Gasteiger partial charge in [0, 0.05) is 42.6 Å². The lowest BCUT2D eigenvalue weighted by Crippen LogP contribution is -2.49. The summed E-state index contributed by atoms with van der Waals surface area (Å²) in [4.78, 5) is 24.1. The van der Waals surface area contributed by atoms with Crippen LogP contribution in [0.2, 0.25) is 5.02 Å². The van der Waals surface area contributed by atoms with Crippen LogP contribution in [-0.4, -0.2) is 53.4 Å². The molecule has 1 fully saturated rings. The quantitative estimate of drug-likeness (QED) is 0.509. The maximum absolute atomic E-state index is 13.0. The molecule has 0 spiro atoms. The van der Waals surface area contributed by atoms with Crippen LogP contribution in [0.4, 0.5) is 0 Å². The number of halogens is 1. The van der Waals surface area contributed by atoms with Crippen molar-refractivity contribution in [1.82, 2.24) is 14.8 Å². The van der Waals surface area contributed by atoms with Gasteiger partial charge in [0.2, 0.25) is 0 Å². The first-order valence-electron chi connectivity index (χ1n) is 9.97. The average molecular weight is 462 g/mol. The molecule has 0 N–H and O–H groups in total. The second-order valence-electron chi connectivity index (χ2n) is 7.23. The van der Waals surface area contributed by atoms with Crippen molar-refractivity contribution in [3.63, 3.8) is 0 Å². The minimum absolute atomic E-state index is 0.0839. The molecule has 1 aliphatic heterocycles. The summed E-state index contributed by atoms with van der Waals surface area (Å²) < 4.78 is 5.77. The number of aromatic nitrogens is 1. The van der Waals surface area contributed by atoms with Crippen LogP contribution in [0.15, 0.2) is 41.8 Å². The fourth-order valence-electron chi connectivity index (χ4n) is 3.43. The van der Waals surface area contributed by atoms with Crippen LogP contribution in [-0.2, 0) is 13.0 Å². The highest BCUT2D eigenvalue weighted by Crippen LogP contribution is 2.23. The molecule has 0 saturated carbocycles. The molecule has 0 bridgehead atoms. The number of benzene rings is 1. The van der Waals surface area contributed by atoms with Crippen molar-refractivity contribution in [1.29, 1.82) is 0 Å². The lowest BCUT2D eigenvalue weighted by molar-refractivity contribution is 0.0642. The van der Waals surface area contributed by atoms with Crippen molar-refractivity contribution in [3.05, 3.63) is 67.3 Å². The van der Waals surface area contributed by atoms with Crippen LogP contribution in [0.25, 0.3) is 0 Å². The average Bonchev–Trinajstić information content (AvgIpc) is 3.41. The number of nitrogens with zero attached hydrogens (tertiary/aromatic N) is 3. The van der Waals surface area contributed by atoms with Crippen molar-refractivity contribution >= 4 is 40.2 Å². The van der Waals surface area contributed by atoms with E-state index in [1.54, 1.807) is 12.1 Å². The van der Waals surface area contributed by atoms with E-state index in [-0.39, 0.29) is 5.91 Å². The van der Waals surface area contributed by atoms with Crippen LogP contribution in [0.3, 0.4) is 0 Å². The van der Waals surface area contributed by atoms with Gasteiger partial charge < -0.3 is 9.64 Å². The topological polar surface area (TPSA) is 45.7 Å². The van der Waals surface area contributed by atoms with Crippen molar-refractivity contribution in [2.45, 2.75) is 20.0 Å². The lowest BCUT2D eigenvalue weighted by atomic mass is 10.2. The Morgan fingerprint density at radius 1 is 1.17 bits per heavy atom. The standard InChI is InChI=1S/C22H24ClN3O2S2/c1-16-21(30-20(24-16)15-28-18-6-4-17(23)5-7-18)22(27)26-12-10-25(11-13-26)9-8-19-3-2-14-29-19/h2-7,14H,8-13,15H2,1H3. The normalized spacial score (nSPS) is 14.8. The molecule has 1 aromatic carbocycles. The zero-order valence-electron chi connectivity index (χ0n) is 16.8. The number of hydrogen-bond acceptors (Lipinski definition) is 6. The van der Waals surface area contributed by atoms with Gasteiger partial charge in [0.05, 0.1) is 5.69 Å². The minimum atomic E-state index is 0.0839. The third-order valence-electron chi connectivity index (χ3n) is 5.13. The molecule has 30 heavy (non-hydrogen) atoms. The Hall–Kier alpha value is -1.93.